The zero-order chi connectivity index (χ0) is 14.9. The van der Waals surface area contributed by atoms with Gasteiger partial charge in [0.05, 0.1) is 17.3 Å². The van der Waals surface area contributed by atoms with Gasteiger partial charge < -0.3 is 5.11 Å². The van der Waals surface area contributed by atoms with Crippen LogP contribution in [0.4, 0.5) is 0 Å². The molecule has 3 rings (SSSR count). The van der Waals surface area contributed by atoms with Gasteiger partial charge in [0.2, 0.25) is 0 Å². The molecule has 1 N–H and O–H groups in total. The lowest BCUT2D eigenvalue weighted by atomic mass is 9.91. The Morgan fingerprint density at radius 1 is 1.29 bits per heavy atom. The number of aromatic nitrogens is 2. The Bertz CT molecular complexity index is 615. The van der Waals surface area contributed by atoms with Gasteiger partial charge in [-0.1, -0.05) is 47.0 Å². The van der Waals surface area contributed by atoms with E-state index in [-0.39, 0.29) is 0 Å². The van der Waals surface area contributed by atoms with Crippen molar-refractivity contribution in [1.29, 1.82) is 0 Å². The maximum absolute atomic E-state index is 10.8. The third-order valence-electron chi connectivity index (χ3n) is 4.34. The summed E-state index contributed by atoms with van der Waals surface area (Å²) in [4.78, 5) is 0. The molecule has 0 bridgehead atoms. The number of benzene rings is 1. The summed E-state index contributed by atoms with van der Waals surface area (Å²) in [5.74, 6) is 0. The number of hydrogen-bond donors (Lipinski definition) is 1. The molecule has 21 heavy (non-hydrogen) atoms. The minimum Gasteiger partial charge on any atom is -0.385 e. The number of hydrogen-bond acceptors (Lipinski definition) is 2. The first-order chi connectivity index (χ1) is 10.1. The van der Waals surface area contributed by atoms with Crippen molar-refractivity contribution < 1.29 is 5.11 Å². The average Bonchev–Trinajstić information content (AvgIpc) is 3.09. The van der Waals surface area contributed by atoms with Crippen molar-refractivity contribution in [1.82, 2.24) is 9.78 Å². The minimum atomic E-state index is -0.922. The van der Waals surface area contributed by atoms with Crippen LogP contribution in [0.5, 0.6) is 0 Å². The van der Waals surface area contributed by atoms with Crippen LogP contribution >= 0.6 is 15.9 Å². The Morgan fingerprint density at radius 2 is 2.00 bits per heavy atom. The van der Waals surface area contributed by atoms with Crippen LogP contribution in [-0.4, -0.2) is 14.9 Å². The monoisotopic (exact) mass is 348 g/mol. The van der Waals surface area contributed by atoms with Crippen LogP contribution in [0.15, 0.2) is 41.0 Å². The Morgan fingerprint density at radius 3 is 2.71 bits per heavy atom. The highest BCUT2D eigenvalue weighted by Gasteiger charge is 2.27. The zero-order valence-corrected chi connectivity index (χ0v) is 13.9. The molecule has 1 saturated carbocycles. The van der Waals surface area contributed by atoms with Gasteiger partial charge in [-0.2, -0.15) is 5.10 Å². The van der Waals surface area contributed by atoms with Crippen LogP contribution < -0.4 is 0 Å². The van der Waals surface area contributed by atoms with Crippen molar-refractivity contribution in [3.8, 4) is 0 Å². The fraction of sp³-hybridized carbons (Fsp3) is 0.471. The van der Waals surface area contributed by atoms with Crippen LogP contribution in [0.3, 0.4) is 0 Å². The van der Waals surface area contributed by atoms with Crippen LogP contribution in [-0.2, 0) is 12.0 Å². The van der Waals surface area contributed by atoms with Crippen molar-refractivity contribution in [2.24, 2.45) is 0 Å². The second-order valence-electron chi connectivity index (χ2n) is 6.16. The summed E-state index contributed by atoms with van der Waals surface area (Å²) >= 11 is 3.52. The number of aliphatic hydroxyl groups is 1. The molecule has 1 unspecified atom stereocenters. The SMILES string of the molecule is CC(O)(Cc1ccn(C2CCCC2)n1)c1ccccc1Br. The molecule has 0 amide bonds. The molecular weight excluding hydrogens is 328 g/mol. The topological polar surface area (TPSA) is 38.0 Å². The van der Waals surface area contributed by atoms with Crippen molar-refractivity contribution in [2.75, 3.05) is 0 Å². The van der Waals surface area contributed by atoms with E-state index in [1.807, 2.05) is 37.3 Å². The van der Waals surface area contributed by atoms with Crippen LogP contribution in [0.2, 0.25) is 0 Å². The van der Waals surface area contributed by atoms with E-state index >= 15 is 0 Å². The molecule has 1 aromatic heterocycles. The summed E-state index contributed by atoms with van der Waals surface area (Å²) in [6.45, 7) is 1.85. The third kappa shape index (κ3) is 3.22. The first-order valence-corrected chi connectivity index (χ1v) is 8.37. The highest BCUT2D eigenvalue weighted by Crippen LogP contribution is 2.32. The summed E-state index contributed by atoms with van der Waals surface area (Å²) in [6.07, 6.45) is 7.63. The first kappa shape index (κ1) is 14.8. The van der Waals surface area contributed by atoms with E-state index in [1.165, 1.54) is 25.7 Å². The molecule has 1 aliphatic rings. The molecule has 1 aromatic carbocycles. The minimum absolute atomic E-state index is 0.523. The van der Waals surface area contributed by atoms with E-state index in [4.69, 9.17) is 0 Å². The molecule has 4 heteroatoms. The van der Waals surface area contributed by atoms with Gasteiger partial charge in [-0.05, 0) is 37.5 Å². The highest BCUT2D eigenvalue weighted by molar-refractivity contribution is 9.10. The fourth-order valence-electron chi connectivity index (χ4n) is 3.19. The van der Waals surface area contributed by atoms with Gasteiger partial charge in [-0.15, -0.1) is 0 Å². The van der Waals surface area contributed by atoms with Crippen LogP contribution in [0, 0.1) is 0 Å². The summed E-state index contributed by atoms with van der Waals surface area (Å²) in [5, 5.41) is 15.5. The van der Waals surface area contributed by atoms with Crippen LogP contribution in [0.1, 0.15) is 49.9 Å². The van der Waals surface area contributed by atoms with E-state index in [0.29, 0.717) is 12.5 Å². The number of halogens is 1. The molecule has 2 aromatic rings. The smallest absolute Gasteiger partial charge is 0.0935 e. The summed E-state index contributed by atoms with van der Waals surface area (Å²) < 4.78 is 3.02. The molecule has 1 heterocycles. The lowest BCUT2D eigenvalue weighted by Crippen LogP contribution is -2.25. The average molecular weight is 349 g/mol. The molecule has 1 fully saturated rings. The van der Waals surface area contributed by atoms with Crippen LogP contribution in [0.25, 0.3) is 0 Å². The summed E-state index contributed by atoms with van der Waals surface area (Å²) in [6, 6.07) is 10.4. The van der Waals surface area contributed by atoms with Gasteiger partial charge in [0, 0.05) is 17.1 Å². The molecule has 1 aliphatic carbocycles. The van der Waals surface area contributed by atoms with Crippen molar-refractivity contribution in [3.63, 3.8) is 0 Å². The Kier molecular flexibility index (Phi) is 4.18. The standard InChI is InChI=1S/C17H21BrN2O/c1-17(21,15-8-4-5-9-16(15)18)12-13-10-11-20(19-13)14-6-2-3-7-14/h4-5,8-11,14,21H,2-3,6-7,12H2,1H3. The fourth-order valence-corrected chi connectivity index (χ4v) is 3.90. The van der Waals surface area contributed by atoms with Crippen molar-refractivity contribution >= 4 is 15.9 Å². The van der Waals surface area contributed by atoms with Gasteiger partial charge in [0.1, 0.15) is 0 Å². The molecule has 0 spiro atoms. The number of rotatable bonds is 4. The lowest BCUT2D eigenvalue weighted by Gasteiger charge is -2.24. The van der Waals surface area contributed by atoms with E-state index < -0.39 is 5.60 Å². The maximum Gasteiger partial charge on any atom is 0.0935 e. The second-order valence-corrected chi connectivity index (χ2v) is 7.01. The highest BCUT2D eigenvalue weighted by atomic mass is 79.9. The van der Waals surface area contributed by atoms with Gasteiger partial charge in [0.25, 0.3) is 0 Å². The third-order valence-corrected chi connectivity index (χ3v) is 5.03. The Labute approximate surface area is 134 Å². The summed E-state index contributed by atoms with van der Waals surface area (Å²) in [5.41, 5.74) is 0.928. The molecule has 0 aliphatic heterocycles. The molecule has 112 valence electrons. The molecular formula is C17H21BrN2O. The molecule has 1 atom stereocenters. The summed E-state index contributed by atoms with van der Waals surface area (Å²) in [7, 11) is 0. The van der Waals surface area contributed by atoms with Gasteiger partial charge in [0.15, 0.2) is 0 Å². The van der Waals surface area contributed by atoms with Crippen molar-refractivity contribution in [3.05, 3.63) is 52.3 Å². The van der Waals surface area contributed by atoms with Gasteiger partial charge in [-0.3, -0.25) is 4.68 Å². The van der Waals surface area contributed by atoms with Gasteiger partial charge >= 0.3 is 0 Å². The normalized spacial score (nSPS) is 18.8. The Hall–Kier alpha value is -1.13. The van der Waals surface area contributed by atoms with Crippen molar-refractivity contribution in [2.45, 2.75) is 50.7 Å². The molecule has 0 radical (unpaired) electrons. The molecule has 0 saturated heterocycles. The number of nitrogens with zero attached hydrogens (tertiary/aromatic N) is 2. The largest absolute Gasteiger partial charge is 0.385 e. The molecule has 3 nitrogen and oxygen atoms in total. The van der Waals surface area contributed by atoms with E-state index in [0.717, 1.165) is 15.7 Å². The quantitative estimate of drug-likeness (QED) is 0.898. The maximum atomic E-state index is 10.8. The lowest BCUT2D eigenvalue weighted by molar-refractivity contribution is 0.0556. The van der Waals surface area contributed by atoms with E-state index in [1.54, 1.807) is 0 Å². The predicted octanol–water partition coefficient (Wildman–Crippen LogP) is 4.21. The zero-order valence-electron chi connectivity index (χ0n) is 12.3. The second kappa shape index (κ2) is 5.93. The van der Waals surface area contributed by atoms with Gasteiger partial charge in [-0.25, -0.2) is 0 Å². The van der Waals surface area contributed by atoms with E-state index in [9.17, 15) is 5.11 Å². The Balaban J connectivity index is 1.78. The first-order valence-electron chi connectivity index (χ1n) is 7.58. The predicted molar refractivity (Wildman–Crippen MR) is 87.1 cm³/mol. The van der Waals surface area contributed by atoms with E-state index in [2.05, 4.69) is 31.9 Å².